The van der Waals surface area contributed by atoms with E-state index in [1.807, 2.05) is 12.1 Å². The van der Waals surface area contributed by atoms with Gasteiger partial charge in [0, 0.05) is 38.4 Å². The average molecular weight is 340 g/mol. The van der Waals surface area contributed by atoms with Crippen LogP contribution in [0.2, 0.25) is 0 Å². The van der Waals surface area contributed by atoms with E-state index in [0.717, 1.165) is 5.56 Å². The standard InChI is InChI=1S/C18H20N4O3/c1-14-16(6-11-25-14)18(24)21-9-5-17(23)22(10-3-7-19)13-15-4-2-8-20-12-15/h2,4,6,8,11-12H,3,5,9-10,13H2,1H3,(H,21,24). The van der Waals surface area contributed by atoms with Crippen molar-refractivity contribution >= 4 is 11.8 Å². The van der Waals surface area contributed by atoms with Crippen LogP contribution in [0.1, 0.15) is 34.5 Å². The monoisotopic (exact) mass is 340 g/mol. The number of aryl methyl sites for hydroxylation is 1. The van der Waals surface area contributed by atoms with Crippen LogP contribution in [0.25, 0.3) is 0 Å². The van der Waals surface area contributed by atoms with Gasteiger partial charge in [0.1, 0.15) is 5.76 Å². The Morgan fingerprint density at radius 3 is 2.88 bits per heavy atom. The molecule has 0 saturated carbocycles. The number of pyridine rings is 1. The fraction of sp³-hybridized carbons (Fsp3) is 0.333. The zero-order chi connectivity index (χ0) is 18.1. The highest BCUT2D eigenvalue weighted by Crippen LogP contribution is 2.09. The maximum atomic E-state index is 12.4. The molecule has 25 heavy (non-hydrogen) atoms. The van der Waals surface area contributed by atoms with Crippen LogP contribution in [-0.2, 0) is 11.3 Å². The number of carbonyl (C=O) groups is 2. The normalized spacial score (nSPS) is 10.1. The summed E-state index contributed by atoms with van der Waals surface area (Å²) in [6.07, 6.45) is 5.22. The maximum Gasteiger partial charge on any atom is 0.254 e. The molecule has 0 aliphatic rings. The summed E-state index contributed by atoms with van der Waals surface area (Å²) in [6, 6.07) is 7.32. The molecular weight excluding hydrogens is 320 g/mol. The molecule has 2 amide bonds. The summed E-state index contributed by atoms with van der Waals surface area (Å²) in [6.45, 7) is 2.66. The molecule has 0 spiro atoms. The second-order valence-corrected chi connectivity index (χ2v) is 5.48. The van der Waals surface area contributed by atoms with Crippen LogP contribution >= 0.6 is 0 Å². The lowest BCUT2D eigenvalue weighted by Gasteiger charge is -2.21. The molecule has 0 aliphatic heterocycles. The molecule has 0 radical (unpaired) electrons. The Labute approximate surface area is 146 Å². The molecule has 0 saturated heterocycles. The molecule has 0 fully saturated rings. The molecular formula is C18H20N4O3. The van der Waals surface area contributed by atoms with Crippen LogP contribution in [0.4, 0.5) is 0 Å². The van der Waals surface area contributed by atoms with Gasteiger partial charge in [0.05, 0.1) is 24.3 Å². The van der Waals surface area contributed by atoms with Crippen LogP contribution in [0.15, 0.2) is 41.3 Å². The highest BCUT2D eigenvalue weighted by Gasteiger charge is 2.15. The third-order valence-electron chi connectivity index (χ3n) is 3.67. The number of amides is 2. The van der Waals surface area contributed by atoms with Crippen molar-refractivity contribution in [2.24, 2.45) is 0 Å². The minimum atomic E-state index is -0.269. The molecule has 2 aromatic rings. The van der Waals surface area contributed by atoms with Gasteiger partial charge in [-0.1, -0.05) is 6.07 Å². The van der Waals surface area contributed by atoms with Crippen molar-refractivity contribution in [3.05, 3.63) is 53.7 Å². The zero-order valence-corrected chi connectivity index (χ0v) is 14.1. The van der Waals surface area contributed by atoms with Crippen molar-refractivity contribution in [1.82, 2.24) is 15.2 Å². The fourth-order valence-corrected chi connectivity index (χ4v) is 2.35. The predicted octanol–water partition coefficient (Wildman–Crippen LogP) is 2.05. The summed E-state index contributed by atoms with van der Waals surface area (Å²) in [4.78, 5) is 30.0. The van der Waals surface area contributed by atoms with Crippen molar-refractivity contribution in [1.29, 1.82) is 5.26 Å². The van der Waals surface area contributed by atoms with Crippen molar-refractivity contribution in [3.63, 3.8) is 0 Å². The number of nitrogens with zero attached hydrogens (tertiary/aromatic N) is 3. The van der Waals surface area contributed by atoms with E-state index < -0.39 is 0 Å². The molecule has 7 nitrogen and oxygen atoms in total. The number of aromatic nitrogens is 1. The lowest BCUT2D eigenvalue weighted by atomic mass is 10.2. The first-order valence-corrected chi connectivity index (χ1v) is 7.97. The number of hydrogen-bond acceptors (Lipinski definition) is 5. The van der Waals surface area contributed by atoms with Crippen LogP contribution in [0.5, 0.6) is 0 Å². The van der Waals surface area contributed by atoms with Crippen LogP contribution < -0.4 is 5.32 Å². The molecule has 0 atom stereocenters. The summed E-state index contributed by atoms with van der Waals surface area (Å²) in [5.41, 5.74) is 1.36. The minimum absolute atomic E-state index is 0.122. The van der Waals surface area contributed by atoms with Crippen LogP contribution in [-0.4, -0.2) is 34.8 Å². The Morgan fingerprint density at radius 1 is 1.40 bits per heavy atom. The summed E-state index contributed by atoms with van der Waals surface area (Å²) >= 11 is 0. The van der Waals surface area contributed by atoms with Gasteiger partial charge in [0.15, 0.2) is 0 Å². The Hall–Kier alpha value is -3.14. The van der Waals surface area contributed by atoms with Gasteiger partial charge in [-0.05, 0) is 24.6 Å². The number of hydrogen-bond donors (Lipinski definition) is 1. The number of furan rings is 1. The number of rotatable bonds is 8. The van der Waals surface area contributed by atoms with Crippen LogP contribution in [0, 0.1) is 18.3 Å². The van der Waals surface area contributed by atoms with Gasteiger partial charge in [-0.3, -0.25) is 14.6 Å². The summed E-state index contributed by atoms with van der Waals surface area (Å²) in [5, 5.41) is 11.5. The van der Waals surface area contributed by atoms with Gasteiger partial charge in [-0.2, -0.15) is 5.26 Å². The van der Waals surface area contributed by atoms with E-state index in [9.17, 15) is 9.59 Å². The molecule has 7 heteroatoms. The SMILES string of the molecule is Cc1occc1C(=O)NCCC(=O)N(CCC#N)Cc1cccnc1. The second kappa shape index (κ2) is 9.23. The van der Waals surface area contributed by atoms with E-state index in [1.165, 1.54) is 6.26 Å². The van der Waals surface area contributed by atoms with Crippen molar-refractivity contribution in [3.8, 4) is 6.07 Å². The number of carbonyl (C=O) groups excluding carboxylic acids is 2. The summed E-state index contributed by atoms with van der Waals surface area (Å²) in [7, 11) is 0. The lowest BCUT2D eigenvalue weighted by Crippen LogP contribution is -2.35. The molecule has 0 bridgehead atoms. The Balaban J connectivity index is 1.87. The third kappa shape index (κ3) is 5.46. The topological polar surface area (TPSA) is 99.2 Å². The molecule has 1 N–H and O–H groups in total. The van der Waals surface area contributed by atoms with E-state index in [0.29, 0.717) is 24.4 Å². The van der Waals surface area contributed by atoms with E-state index in [4.69, 9.17) is 9.68 Å². The largest absolute Gasteiger partial charge is 0.469 e. The quantitative estimate of drug-likeness (QED) is 0.793. The first-order valence-electron chi connectivity index (χ1n) is 7.97. The Bertz CT molecular complexity index is 749. The Morgan fingerprint density at radius 2 is 2.24 bits per heavy atom. The third-order valence-corrected chi connectivity index (χ3v) is 3.67. The van der Waals surface area contributed by atoms with Crippen molar-refractivity contribution in [2.45, 2.75) is 26.3 Å². The average Bonchev–Trinajstić information content (AvgIpc) is 3.05. The van der Waals surface area contributed by atoms with Crippen molar-refractivity contribution in [2.75, 3.05) is 13.1 Å². The van der Waals surface area contributed by atoms with Crippen LogP contribution in [0.3, 0.4) is 0 Å². The highest BCUT2D eigenvalue weighted by atomic mass is 16.3. The van der Waals surface area contributed by atoms with Gasteiger partial charge in [-0.25, -0.2) is 0 Å². The minimum Gasteiger partial charge on any atom is -0.469 e. The van der Waals surface area contributed by atoms with E-state index in [2.05, 4.69) is 10.3 Å². The van der Waals surface area contributed by atoms with E-state index in [-0.39, 0.29) is 31.2 Å². The smallest absolute Gasteiger partial charge is 0.254 e. The maximum absolute atomic E-state index is 12.4. The zero-order valence-electron chi connectivity index (χ0n) is 14.1. The van der Waals surface area contributed by atoms with Gasteiger partial charge < -0.3 is 14.6 Å². The molecule has 2 aromatic heterocycles. The molecule has 0 aliphatic carbocycles. The molecule has 130 valence electrons. The fourth-order valence-electron chi connectivity index (χ4n) is 2.35. The molecule has 2 heterocycles. The molecule has 0 aromatic carbocycles. The summed E-state index contributed by atoms with van der Waals surface area (Å²) < 4.78 is 5.09. The first kappa shape index (κ1) is 18.2. The predicted molar refractivity (Wildman–Crippen MR) is 90.3 cm³/mol. The van der Waals surface area contributed by atoms with Gasteiger partial charge in [0.2, 0.25) is 5.91 Å². The number of nitriles is 1. The molecule has 0 unspecified atom stereocenters. The lowest BCUT2D eigenvalue weighted by molar-refractivity contribution is -0.131. The van der Waals surface area contributed by atoms with Gasteiger partial charge >= 0.3 is 0 Å². The van der Waals surface area contributed by atoms with Gasteiger partial charge in [0.25, 0.3) is 5.91 Å². The highest BCUT2D eigenvalue weighted by molar-refractivity contribution is 5.95. The number of nitrogens with one attached hydrogen (secondary N) is 1. The second-order valence-electron chi connectivity index (χ2n) is 5.48. The summed E-state index contributed by atoms with van der Waals surface area (Å²) in [5.74, 6) is 0.147. The van der Waals surface area contributed by atoms with Crippen molar-refractivity contribution < 1.29 is 14.0 Å². The molecule has 2 rings (SSSR count). The first-order chi connectivity index (χ1) is 12.1. The Kier molecular flexibility index (Phi) is 6.72. The van der Waals surface area contributed by atoms with E-state index in [1.54, 1.807) is 36.4 Å². The van der Waals surface area contributed by atoms with Gasteiger partial charge in [-0.15, -0.1) is 0 Å². The van der Waals surface area contributed by atoms with E-state index >= 15 is 0 Å².